The Kier molecular flexibility index (Phi) is 7.63. The summed E-state index contributed by atoms with van der Waals surface area (Å²) in [5, 5.41) is 21.7. The van der Waals surface area contributed by atoms with Gasteiger partial charge in [-0.2, -0.15) is 0 Å². The summed E-state index contributed by atoms with van der Waals surface area (Å²) in [6.45, 7) is 5.40. The lowest BCUT2D eigenvalue weighted by atomic mass is 9.80. The summed E-state index contributed by atoms with van der Waals surface area (Å²) in [4.78, 5) is 35.2. The average Bonchev–Trinajstić information content (AvgIpc) is 2.88. The highest BCUT2D eigenvalue weighted by Gasteiger charge is 2.41. The van der Waals surface area contributed by atoms with E-state index < -0.39 is 40.6 Å². The molecule has 34 heavy (non-hydrogen) atoms. The second kappa shape index (κ2) is 10.4. The third-order valence-corrected chi connectivity index (χ3v) is 5.79. The molecule has 0 fully saturated rings. The number of aliphatic hydroxyl groups is 1. The summed E-state index contributed by atoms with van der Waals surface area (Å²) in [5.41, 5.74) is 0.888. The number of nitro groups is 1. The van der Waals surface area contributed by atoms with E-state index in [9.17, 15) is 24.8 Å². The van der Waals surface area contributed by atoms with Crippen molar-refractivity contribution in [2.75, 3.05) is 0 Å². The Bertz CT molecular complexity index is 1100. The van der Waals surface area contributed by atoms with E-state index in [2.05, 4.69) is 0 Å². The molecule has 0 radical (unpaired) electrons. The lowest BCUT2D eigenvalue weighted by Gasteiger charge is -2.33. The van der Waals surface area contributed by atoms with Crippen molar-refractivity contribution in [1.29, 1.82) is 0 Å². The highest BCUT2D eigenvalue weighted by Crippen LogP contribution is 2.37. The lowest BCUT2D eigenvalue weighted by Crippen LogP contribution is -2.41. The van der Waals surface area contributed by atoms with Gasteiger partial charge < -0.3 is 14.6 Å². The summed E-state index contributed by atoms with van der Waals surface area (Å²) >= 11 is 0. The maximum absolute atomic E-state index is 12.5. The zero-order chi connectivity index (χ0) is 24.9. The van der Waals surface area contributed by atoms with Gasteiger partial charge in [-0.05, 0) is 66.3 Å². The van der Waals surface area contributed by atoms with Crippen LogP contribution >= 0.6 is 0 Å². The van der Waals surface area contributed by atoms with Crippen molar-refractivity contribution >= 4 is 23.7 Å². The molecule has 0 spiro atoms. The van der Waals surface area contributed by atoms with Gasteiger partial charge in [0.25, 0.3) is 5.69 Å². The Morgan fingerprint density at radius 1 is 1.09 bits per heavy atom. The van der Waals surface area contributed by atoms with Crippen molar-refractivity contribution in [2.45, 2.75) is 45.5 Å². The number of non-ortho nitro benzene ring substituents is 1. The van der Waals surface area contributed by atoms with Crippen LogP contribution < -0.4 is 0 Å². The van der Waals surface area contributed by atoms with Crippen molar-refractivity contribution in [3.63, 3.8) is 0 Å². The summed E-state index contributed by atoms with van der Waals surface area (Å²) < 4.78 is 11.2. The number of carbonyl (C=O) groups is 2. The van der Waals surface area contributed by atoms with E-state index in [0.29, 0.717) is 23.1 Å². The number of hydrogen-bond acceptors (Lipinski definition) is 7. The van der Waals surface area contributed by atoms with E-state index in [4.69, 9.17) is 9.47 Å². The van der Waals surface area contributed by atoms with Crippen LogP contribution in [0.4, 0.5) is 5.69 Å². The average molecular weight is 466 g/mol. The number of hydrogen-bond donors (Lipinski definition) is 1. The van der Waals surface area contributed by atoms with Crippen LogP contribution in [0.3, 0.4) is 0 Å². The van der Waals surface area contributed by atoms with Crippen LogP contribution in [-0.4, -0.2) is 40.3 Å². The number of aliphatic hydroxyl groups excluding tert-OH is 1. The van der Waals surface area contributed by atoms with Gasteiger partial charge in [-0.15, -0.1) is 0 Å². The fraction of sp³-hybridized carbons (Fsp3) is 0.308. The Hall–Kier alpha value is -3.78. The van der Waals surface area contributed by atoms with E-state index in [1.807, 2.05) is 13.8 Å². The number of carbonyl (C=O) groups excluding carboxylic acids is 2. The summed E-state index contributed by atoms with van der Waals surface area (Å²) in [7, 11) is 0. The molecule has 2 aromatic rings. The van der Waals surface area contributed by atoms with E-state index >= 15 is 0 Å². The molecular weight excluding hydrogens is 438 g/mol. The molecule has 0 heterocycles. The van der Waals surface area contributed by atoms with E-state index in [-0.39, 0.29) is 5.69 Å². The number of benzene rings is 2. The maximum Gasteiger partial charge on any atom is 0.338 e. The molecule has 2 aromatic carbocycles. The lowest BCUT2D eigenvalue weighted by molar-refractivity contribution is -0.384. The van der Waals surface area contributed by atoms with Crippen LogP contribution in [0.5, 0.6) is 0 Å². The number of esters is 2. The predicted octanol–water partition coefficient (Wildman–Crippen LogP) is 4.48. The number of nitro benzene ring substituents is 1. The molecule has 0 aliphatic heterocycles. The zero-order valence-electron chi connectivity index (χ0n) is 19.2. The smallest absolute Gasteiger partial charge is 0.338 e. The summed E-state index contributed by atoms with van der Waals surface area (Å²) in [6, 6.07) is 14.3. The summed E-state index contributed by atoms with van der Waals surface area (Å²) in [5.74, 6) is -1.15. The second-order valence-corrected chi connectivity index (χ2v) is 8.89. The highest BCUT2D eigenvalue weighted by atomic mass is 16.6. The Morgan fingerprint density at radius 2 is 1.74 bits per heavy atom. The van der Waals surface area contributed by atoms with Crippen molar-refractivity contribution in [2.24, 2.45) is 5.41 Å². The van der Waals surface area contributed by atoms with Crippen LogP contribution in [0, 0.1) is 15.5 Å². The molecule has 0 saturated heterocycles. The number of nitrogens with zero attached hydrogens (tertiary/aromatic N) is 1. The Balaban J connectivity index is 1.71. The van der Waals surface area contributed by atoms with Crippen LogP contribution in [0.2, 0.25) is 0 Å². The minimum Gasteiger partial charge on any atom is -0.455 e. The molecule has 3 atom stereocenters. The first kappa shape index (κ1) is 24.9. The molecular formula is C26H27NO7. The molecule has 3 unspecified atom stereocenters. The second-order valence-electron chi connectivity index (χ2n) is 8.89. The minimum absolute atomic E-state index is 0.0396. The predicted molar refractivity (Wildman–Crippen MR) is 126 cm³/mol. The van der Waals surface area contributed by atoms with Gasteiger partial charge in [-0.25, -0.2) is 9.59 Å². The number of rotatable bonds is 6. The van der Waals surface area contributed by atoms with Gasteiger partial charge in [0.2, 0.25) is 0 Å². The topological polar surface area (TPSA) is 116 Å². The van der Waals surface area contributed by atoms with E-state index in [1.165, 1.54) is 36.4 Å². The molecule has 1 aliphatic rings. The largest absolute Gasteiger partial charge is 0.455 e. The Morgan fingerprint density at radius 3 is 2.35 bits per heavy atom. The quantitative estimate of drug-likeness (QED) is 0.220. The van der Waals surface area contributed by atoms with Gasteiger partial charge in [0.05, 0.1) is 16.6 Å². The highest BCUT2D eigenvalue weighted by molar-refractivity contribution is 5.89. The maximum atomic E-state index is 12.5. The molecule has 0 saturated carbocycles. The van der Waals surface area contributed by atoms with E-state index in [1.54, 1.807) is 43.3 Å². The first-order chi connectivity index (χ1) is 16.1. The third-order valence-electron chi connectivity index (χ3n) is 5.79. The molecule has 0 bridgehead atoms. The van der Waals surface area contributed by atoms with Gasteiger partial charge in [0.15, 0.2) is 0 Å². The fourth-order valence-corrected chi connectivity index (χ4v) is 3.71. The van der Waals surface area contributed by atoms with Crippen molar-refractivity contribution < 1.29 is 29.1 Å². The van der Waals surface area contributed by atoms with Gasteiger partial charge in [-0.1, -0.05) is 32.0 Å². The molecule has 0 aromatic heterocycles. The van der Waals surface area contributed by atoms with Gasteiger partial charge in [-0.3, -0.25) is 10.1 Å². The molecule has 1 N–H and O–H groups in total. The van der Waals surface area contributed by atoms with E-state index in [0.717, 1.165) is 0 Å². The molecule has 178 valence electrons. The van der Waals surface area contributed by atoms with Crippen LogP contribution in [0.1, 0.15) is 43.1 Å². The fourth-order valence-electron chi connectivity index (χ4n) is 3.71. The van der Waals surface area contributed by atoms with Crippen LogP contribution in [0.15, 0.2) is 72.3 Å². The monoisotopic (exact) mass is 465 g/mol. The van der Waals surface area contributed by atoms with Crippen molar-refractivity contribution in [3.8, 4) is 0 Å². The first-order valence-corrected chi connectivity index (χ1v) is 10.8. The SMILES string of the molecule is CC1=CC(OC(=O)c2ccccc2)C(O)C(C)(C)CC1OC(=O)C=Cc1ccc([N+](=O)[O-])cc1. The zero-order valence-corrected chi connectivity index (χ0v) is 19.2. The van der Waals surface area contributed by atoms with Gasteiger partial charge in [0, 0.05) is 18.2 Å². The molecule has 3 rings (SSSR count). The first-order valence-electron chi connectivity index (χ1n) is 10.8. The Labute approximate surface area is 197 Å². The third kappa shape index (κ3) is 6.17. The molecule has 8 nitrogen and oxygen atoms in total. The van der Waals surface area contributed by atoms with Gasteiger partial charge >= 0.3 is 11.9 Å². The van der Waals surface area contributed by atoms with Crippen molar-refractivity contribution in [3.05, 3.63) is 93.6 Å². The van der Waals surface area contributed by atoms with Crippen LogP contribution in [0.25, 0.3) is 6.08 Å². The molecule has 8 heteroatoms. The minimum atomic E-state index is -1.01. The number of ether oxygens (including phenoxy) is 2. The molecule has 0 amide bonds. The van der Waals surface area contributed by atoms with Crippen molar-refractivity contribution in [1.82, 2.24) is 0 Å². The normalized spacial score (nSPS) is 21.9. The van der Waals surface area contributed by atoms with Gasteiger partial charge in [0.1, 0.15) is 12.2 Å². The standard InChI is InChI=1S/C26H27NO7/c1-17-15-21(34-25(30)19-7-5-4-6-8-19)24(29)26(2,3)16-22(17)33-23(28)14-11-18-9-12-20(13-10-18)27(31)32/h4-15,21-22,24,29H,16H2,1-3H3. The molecule has 1 aliphatic carbocycles. The summed E-state index contributed by atoms with van der Waals surface area (Å²) in [6.07, 6.45) is 2.17. The van der Waals surface area contributed by atoms with Crippen LogP contribution in [-0.2, 0) is 14.3 Å².